The van der Waals surface area contributed by atoms with Crippen LogP contribution in [0.25, 0.3) is 11.5 Å². The monoisotopic (exact) mass is 501 g/mol. The maximum atomic E-state index is 12.1. The second kappa shape index (κ2) is 13.5. The highest BCUT2D eigenvalue weighted by Crippen LogP contribution is 2.22. The zero-order valence-electron chi connectivity index (χ0n) is 19.9. The van der Waals surface area contributed by atoms with Crippen molar-refractivity contribution in [3.05, 3.63) is 65.0 Å². The largest absolute Gasteiger partial charge is 0.487 e. The molecule has 0 spiro atoms. The molecule has 3 rings (SSSR count). The molecule has 0 bridgehead atoms. The van der Waals surface area contributed by atoms with Crippen molar-refractivity contribution in [3.63, 3.8) is 0 Å². The molecule has 3 aromatic rings. The van der Waals surface area contributed by atoms with E-state index in [1.807, 2.05) is 32.0 Å². The van der Waals surface area contributed by atoms with Crippen LogP contribution >= 0.6 is 11.6 Å². The molecule has 1 heterocycles. The molecule has 9 nitrogen and oxygen atoms in total. The van der Waals surface area contributed by atoms with E-state index in [0.29, 0.717) is 54.2 Å². The number of rotatable bonds is 13. The van der Waals surface area contributed by atoms with Crippen LogP contribution in [0.2, 0.25) is 5.02 Å². The van der Waals surface area contributed by atoms with E-state index in [2.05, 4.69) is 15.4 Å². The Labute approximate surface area is 209 Å². The third kappa shape index (κ3) is 7.80. The number of esters is 1. The summed E-state index contributed by atoms with van der Waals surface area (Å²) >= 11 is 6.05. The summed E-state index contributed by atoms with van der Waals surface area (Å²) in [6, 6.07) is 14.4. The quantitative estimate of drug-likeness (QED) is 0.188. The minimum Gasteiger partial charge on any atom is -0.487 e. The Kier molecular flexibility index (Phi) is 10.1. The molecule has 1 aromatic heterocycles. The fraction of sp³-hybridized carbons (Fsp3) is 0.360. The summed E-state index contributed by atoms with van der Waals surface area (Å²) in [4.78, 5) is 17.3. The van der Waals surface area contributed by atoms with Gasteiger partial charge in [0.05, 0.1) is 6.61 Å². The Hall–Kier alpha value is -3.43. The number of halogens is 1. The lowest BCUT2D eigenvalue weighted by atomic mass is 10.1. The highest BCUT2D eigenvalue weighted by Gasteiger charge is 2.21. The molecule has 10 heteroatoms. The Balaban J connectivity index is 1.66. The molecule has 0 N–H and O–H groups in total. The van der Waals surface area contributed by atoms with Crippen molar-refractivity contribution in [2.75, 3.05) is 26.4 Å². The van der Waals surface area contributed by atoms with Gasteiger partial charge in [-0.15, -0.1) is 10.2 Å². The minimum atomic E-state index is -0.650. The molecule has 0 aliphatic carbocycles. The van der Waals surface area contributed by atoms with Gasteiger partial charge in [0.25, 0.3) is 5.89 Å². The predicted octanol–water partition coefficient (Wildman–Crippen LogP) is 4.72. The van der Waals surface area contributed by atoms with Gasteiger partial charge in [0.2, 0.25) is 5.89 Å². The highest BCUT2D eigenvalue weighted by molar-refractivity contribution is 6.30. The highest BCUT2D eigenvalue weighted by atomic mass is 35.5. The van der Waals surface area contributed by atoms with Gasteiger partial charge in [0, 0.05) is 23.6 Å². The van der Waals surface area contributed by atoms with Crippen LogP contribution in [0.5, 0.6) is 5.75 Å². The van der Waals surface area contributed by atoms with E-state index in [1.165, 1.54) is 0 Å². The number of hydrogen-bond donors (Lipinski definition) is 0. The maximum Gasteiger partial charge on any atom is 0.335 e. The van der Waals surface area contributed by atoms with Gasteiger partial charge < -0.3 is 23.5 Å². The molecule has 1 unspecified atom stereocenters. The number of carbonyl (C=O) groups excluding carboxylic acids is 1. The van der Waals surface area contributed by atoms with Crippen LogP contribution in [-0.4, -0.2) is 54.4 Å². The first-order valence-electron chi connectivity index (χ1n) is 11.3. The number of benzene rings is 2. The molecule has 0 saturated heterocycles. The van der Waals surface area contributed by atoms with Gasteiger partial charge in [-0.1, -0.05) is 35.0 Å². The average molecular weight is 502 g/mol. The van der Waals surface area contributed by atoms with E-state index in [0.717, 1.165) is 5.56 Å². The summed E-state index contributed by atoms with van der Waals surface area (Å²) in [5.41, 5.74) is 1.95. The normalized spacial score (nSPS) is 12.3. The smallest absolute Gasteiger partial charge is 0.335 e. The summed E-state index contributed by atoms with van der Waals surface area (Å²) in [7, 11) is 0. The maximum absolute atomic E-state index is 12.1. The molecule has 0 fully saturated rings. The summed E-state index contributed by atoms with van der Waals surface area (Å²) in [6.07, 6.45) is -0.249. The standard InChI is InChI=1S/C25H28ClN3O6/c1-4-31-22(25(30)32-5-2)14-17-10-12-20(13-11-17)33-16-21(29-34-6-3)24-28-27-23(35-24)18-8-7-9-19(26)15-18/h7-13,15,22H,4-6,14,16H2,1-3H3. The topological polar surface area (TPSA) is 105 Å². The Morgan fingerprint density at radius 2 is 1.86 bits per heavy atom. The molecular weight excluding hydrogens is 474 g/mol. The van der Waals surface area contributed by atoms with Gasteiger partial charge >= 0.3 is 5.97 Å². The van der Waals surface area contributed by atoms with Crippen molar-refractivity contribution in [3.8, 4) is 17.2 Å². The van der Waals surface area contributed by atoms with Crippen LogP contribution in [-0.2, 0) is 25.5 Å². The van der Waals surface area contributed by atoms with Crippen LogP contribution in [0.1, 0.15) is 32.2 Å². The van der Waals surface area contributed by atoms with Crippen molar-refractivity contribution in [2.24, 2.45) is 5.16 Å². The fourth-order valence-electron chi connectivity index (χ4n) is 3.08. The van der Waals surface area contributed by atoms with E-state index in [9.17, 15) is 4.79 Å². The molecule has 0 aliphatic heterocycles. The van der Waals surface area contributed by atoms with E-state index >= 15 is 0 Å². The summed E-state index contributed by atoms with van der Waals surface area (Å²) in [5.74, 6) is 0.709. The SMILES string of the molecule is CCON=C(COc1ccc(CC(OCC)C(=O)OCC)cc1)c1nnc(-c2cccc(Cl)c2)o1. The summed E-state index contributed by atoms with van der Waals surface area (Å²) in [6.45, 7) is 6.56. The molecular formula is C25H28ClN3O6. The Morgan fingerprint density at radius 1 is 1.06 bits per heavy atom. The van der Waals surface area contributed by atoms with E-state index in [1.54, 1.807) is 37.3 Å². The van der Waals surface area contributed by atoms with E-state index in [4.69, 9.17) is 35.1 Å². The van der Waals surface area contributed by atoms with Gasteiger partial charge in [0.15, 0.2) is 11.8 Å². The average Bonchev–Trinajstić information content (AvgIpc) is 3.35. The van der Waals surface area contributed by atoms with E-state index < -0.39 is 6.10 Å². The lowest BCUT2D eigenvalue weighted by molar-refractivity contribution is -0.156. The first-order valence-corrected chi connectivity index (χ1v) is 11.7. The first-order chi connectivity index (χ1) is 17.0. The molecule has 186 valence electrons. The van der Waals surface area contributed by atoms with Crippen LogP contribution in [0.4, 0.5) is 0 Å². The Bertz CT molecular complexity index is 1120. The molecule has 0 radical (unpaired) electrons. The van der Waals surface area contributed by atoms with Gasteiger partial charge in [-0.25, -0.2) is 4.79 Å². The predicted molar refractivity (Wildman–Crippen MR) is 131 cm³/mol. The molecule has 0 aliphatic rings. The van der Waals surface area contributed by atoms with Gasteiger partial charge in [0.1, 0.15) is 19.0 Å². The third-order valence-corrected chi connectivity index (χ3v) is 4.92. The number of hydrogen-bond acceptors (Lipinski definition) is 9. The number of oxime groups is 1. The zero-order chi connectivity index (χ0) is 25.0. The van der Waals surface area contributed by atoms with Crippen molar-refractivity contribution in [1.82, 2.24) is 10.2 Å². The summed E-state index contributed by atoms with van der Waals surface area (Å²) in [5, 5.41) is 12.8. The minimum absolute atomic E-state index is 0.0426. The Morgan fingerprint density at radius 3 is 2.54 bits per heavy atom. The third-order valence-electron chi connectivity index (χ3n) is 4.68. The van der Waals surface area contributed by atoms with Crippen LogP contribution in [0.15, 0.2) is 58.1 Å². The molecule has 0 saturated carbocycles. The molecule has 1 atom stereocenters. The number of carbonyl (C=O) groups is 1. The van der Waals surface area contributed by atoms with Gasteiger partial charge in [-0.05, 0) is 56.7 Å². The van der Waals surface area contributed by atoms with Crippen molar-refractivity contribution in [2.45, 2.75) is 33.3 Å². The fourth-order valence-corrected chi connectivity index (χ4v) is 3.27. The molecule has 35 heavy (non-hydrogen) atoms. The van der Waals surface area contributed by atoms with Crippen molar-refractivity contribution in [1.29, 1.82) is 0 Å². The molecule has 0 amide bonds. The van der Waals surface area contributed by atoms with Crippen molar-refractivity contribution < 1.29 is 28.3 Å². The number of ether oxygens (including phenoxy) is 3. The van der Waals surface area contributed by atoms with Crippen LogP contribution in [0, 0.1) is 0 Å². The lowest BCUT2D eigenvalue weighted by Crippen LogP contribution is -2.28. The van der Waals surface area contributed by atoms with Crippen LogP contribution < -0.4 is 4.74 Å². The van der Waals surface area contributed by atoms with Crippen molar-refractivity contribution >= 4 is 23.3 Å². The van der Waals surface area contributed by atoms with Crippen LogP contribution in [0.3, 0.4) is 0 Å². The van der Waals surface area contributed by atoms with Gasteiger partial charge in [-0.2, -0.15) is 0 Å². The molecule has 2 aromatic carbocycles. The lowest BCUT2D eigenvalue weighted by Gasteiger charge is -2.15. The second-order valence-corrected chi connectivity index (χ2v) is 7.65. The second-order valence-electron chi connectivity index (χ2n) is 7.21. The number of aromatic nitrogens is 2. The first kappa shape index (κ1) is 26.2. The zero-order valence-corrected chi connectivity index (χ0v) is 20.7. The van der Waals surface area contributed by atoms with E-state index in [-0.39, 0.29) is 18.5 Å². The van der Waals surface area contributed by atoms with Gasteiger partial charge in [-0.3, -0.25) is 0 Å². The summed E-state index contributed by atoms with van der Waals surface area (Å²) < 4.78 is 22.3. The number of nitrogens with zero attached hydrogens (tertiary/aromatic N) is 3.